The fourth-order valence-electron chi connectivity index (χ4n) is 0.839. The second-order valence-electron chi connectivity index (χ2n) is 2.42. The van der Waals surface area contributed by atoms with E-state index in [0.717, 1.165) is 5.56 Å². The lowest BCUT2D eigenvalue weighted by Gasteiger charge is -1.96. The zero-order valence-electron chi connectivity index (χ0n) is 7.45. The van der Waals surface area contributed by atoms with Gasteiger partial charge in [-0.3, -0.25) is 0 Å². The summed E-state index contributed by atoms with van der Waals surface area (Å²) in [6, 6.07) is 9.66. The normalized spacial score (nSPS) is 10.8. The van der Waals surface area contributed by atoms with Crippen LogP contribution in [-0.2, 0) is 4.74 Å². The molecule has 0 amide bonds. The second kappa shape index (κ2) is 5.04. The van der Waals surface area contributed by atoms with E-state index in [9.17, 15) is 0 Å². The lowest BCUT2D eigenvalue weighted by Crippen LogP contribution is -2.02. The first kappa shape index (κ1) is 9.39. The minimum atomic E-state index is -0.416. The first-order chi connectivity index (χ1) is 6.36. The van der Waals surface area contributed by atoms with Gasteiger partial charge in [0.05, 0.1) is 0 Å². The maximum atomic E-state index is 5.17. The van der Waals surface area contributed by atoms with E-state index in [-0.39, 0.29) is 0 Å². The number of terminal acetylenes is 1. The number of methoxy groups -OCH3 is 1. The summed E-state index contributed by atoms with van der Waals surface area (Å²) in [6.07, 6.45) is 4.75. The van der Waals surface area contributed by atoms with Crippen LogP contribution in [0.2, 0.25) is 0 Å². The van der Waals surface area contributed by atoms with Gasteiger partial charge in [-0.15, -0.1) is 6.42 Å². The van der Waals surface area contributed by atoms with Gasteiger partial charge in [-0.05, 0) is 12.1 Å². The van der Waals surface area contributed by atoms with Crippen LogP contribution in [0.15, 0.2) is 30.3 Å². The highest BCUT2D eigenvalue weighted by molar-refractivity contribution is 5.36. The minimum Gasteiger partial charge on any atom is -0.357 e. The molecule has 0 saturated carbocycles. The zero-order valence-corrected chi connectivity index (χ0v) is 7.45. The van der Waals surface area contributed by atoms with Crippen LogP contribution in [0.3, 0.4) is 0 Å². The topological polar surface area (TPSA) is 9.23 Å². The van der Waals surface area contributed by atoms with Crippen molar-refractivity contribution >= 4 is 0 Å². The molecule has 1 aromatic rings. The Balaban J connectivity index is 2.74. The highest BCUT2D eigenvalue weighted by atomic mass is 16.5. The summed E-state index contributed by atoms with van der Waals surface area (Å²) in [4.78, 5) is 0. The number of hydrogen-bond donors (Lipinski definition) is 0. The third kappa shape index (κ3) is 3.03. The molecule has 64 valence electrons. The molecule has 0 bridgehead atoms. The molecular weight excluding hydrogens is 160 g/mol. The van der Waals surface area contributed by atoms with Crippen LogP contribution in [0.25, 0.3) is 0 Å². The molecule has 1 rings (SSSR count). The Bertz CT molecular complexity index is 348. The Morgan fingerprint density at radius 1 is 1.31 bits per heavy atom. The molecule has 0 radical (unpaired) electrons. The number of hydrogen-bond acceptors (Lipinski definition) is 1. The van der Waals surface area contributed by atoms with Crippen molar-refractivity contribution in [3.8, 4) is 24.2 Å². The van der Waals surface area contributed by atoms with Crippen molar-refractivity contribution in [2.75, 3.05) is 7.11 Å². The quantitative estimate of drug-likeness (QED) is 0.583. The van der Waals surface area contributed by atoms with Gasteiger partial charge in [0.15, 0.2) is 6.10 Å². The molecule has 0 aromatic heterocycles. The summed E-state index contributed by atoms with van der Waals surface area (Å²) in [6.45, 7) is 0. The van der Waals surface area contributed by atoms with E-state index in [1.165, 1.54) is 0 Å². The third-order valence-corrected chi connectivity index (χ3v) is 1.51. The van der Waals surface area contributed by atoms with Gasteiger partial charge in [-0.25, -0.2) is 0 Å². The van der Waals surface area contributed by atoms with Crippen LogP contribution in [0.5, 0.6) is 0 Å². The molecule has 0 aliphatic heterocycles. The lowest BCUT2D eigenvalue weighted by molar-refractivity contribution is 0.191. The highest BCUT2D eigenvalue weighted by Crippen LogP contribution is 1.95. The largest absolute Gasteiger partial charge is 0.357 e. The van der Waals surface area contributed by atoms with Gasteiger partial charge in [0.2, 0.25) is 0 Å². The van der Waals surface area contributed by atoms with E-state index >= 15 is 0 Å². The first-order valence-electron chi connectivity index (χ1n) is 3.92. The number of benzene rings is 1. The van der Waals surface area contributed by atoms with Crippen molar-refractivity contribution in [3.63, 3.8) is 0 Å². The SMILES string of the molecule is C#CC(C#Cc1ccccc1)OC. The molecule has 0 aliphatic rings. The summed E-state index contributed by atoms with van der Waals surface area (Å²) in [5, 5.41) is 0. The van der Waals surface area contributed by atoms with Crippen molar-refractivity contribution in [2.45, 2.75) is 6.10 Å². The van der Waals surface area contributed by atoms with Crippen LogP contribution >= 0.6 is 0 Å². The molecule has 0 fully saturated rings. The summed E-state index contributed by atoms with van der Waals surface area (Å²) >= 11 is 0. The third-order valence-electron chi connectivity index (χ3n) is 1.51. The standard InChI is InChI=1S/C12H10O/c1-3-12(13-2)10-9-11-7-5-4-6-8-11/h1,4-8,12H,2H3. The van der Waals surface area contributed by atoms with E-state index in [1.54, 1.807) is 7.11 Å². The van der Waals surface area contributed by atoms with Crippen molar-refractivity contribution in [3.05, 3.63) is 35.9 Å². The van der Waals surface area contributed by atoms with Gasteiger partial charge >= 0.3 is 0 Å². The molecule has 1 aromatic carbocycles. The van der Waals surface area contributed by atoms with Crippen LogP contribution in [0.1, 0.15) is 5.56 Å². The van der Waals surface area contributed by atoms with E-state index < -0.39 is 6.10 Å². The fraction of sp³-hybridized carbons (Fsp3) is 0.167. The Labute approximate surface area is 78.7 Å². The predicted octanol–water partition coefficient (Wildman–Crippen LogP) is 1.69. The van der Waals surface area contributed by atoms with E-state index in [2.05, 4.69) is 17.8 Å². The van der Waals surface area contributed by atoms with Crippen LogP contribution in [0, 0.1) is 24.2 Å². The van der Waals surface area contributed by atoms with Gasteiger partial charge in [0.25, 0.3) is 0 Å². The Morgan fingerprint density at radius 3 is 2.54 bits per heavy atom. The monoisotopic (exact) mass is 170 g/mol. The van der Waals surface area contributed by atoms with Crippen LogP contribution in [-0.4, -0.2) is 13.2 Å². The highest BCUT2D eigenvalue weighted by Gasteiger charge is 1.92. The Kier molecular flexibility index (Phi) is 3.64. The zero-order chi connectivity index (χ0) is 9.52. The molecule has 0 heterocycles. The summed E-state index contributed by atoms with van der Waals surface area (Å²) < 4.78 is 4.91. The van der Waals surface area contributed by atoms with Crippen molar-refractivity contribution < 1.29 is 4.74 Å². The van der Waals surface area contributed by atoms with Crippen molar-refractivity contribution in [1.82, 2.24) is 0 Å². The maximum Gasteiger partial charge on any atom is 0.179 e. The van der Waals surface area contributed by atoms with Gasteiger partial charge in [0.1, 0.15) is 0 Å². The molecule has 0 spiro atoms. The van der Waals surface area contributed by atoms with Gasteiger partial charge < -0.3 is 4.74 Å². The summed E-state index contributed by atoms with van der Waals surface area (Å²) in [5.74, 6) is 8.18. The molecular formula is C12H10O. The molecule has 1 heteroatoms. The average Bonchev–Trinajstić information content (AvgIpc) is 2.21. The molecule has 0 saturated heterocycles. The van der Waals surface area contributed by atoms with Crippen LogP contribution < -0.4 is 0 Å². The lowest BCUT2D eigenvalue weighted by atomic mass is 10.2. The van der Waals surface area contributed by atoms with Gasteiger partial charge in [0, 0.05) is 12.7 Å². The van der Waals surface area contributed by atoms with E-state index in [1.807, 2.05) is 30.3 Å². The summed E-state index contributed by atoms with van der Waals surface area (Å²) in [7, 11) is 1.55. The van der Waals surface area contributed by atoms with Crippen molar-refractivity contribution in [1.29, 1.82) is 0 Å². The smallest absolute Gasteiger partial charge is 0.179 e. The Morgan fingerprint density at radius 2 is 2.00 bits per heavy atom. The number of rotatable bonds is 1. The van der Waals surface area contributed by atoms with Gasteiger partial charge in [-0.1, -0.05) is 36.0 Å². The average molecular weight is 170 g/mol. The molecule has 0 N–H and O–H groups in total. The predicted molar refractivity (Wildman–Crippen MR) is 53.0 cm³/mol. The Hall–Kier alpha value is -1.70. The number of ether oxygens (including phenoxy) is 1. The molecule has 1 unspecified atom stereocenters. The summed E-state index contributed by atoms with van der Waals surface area (Å²) in [5.41, 5.74) is 0.944. The minimum absolute atomic E-state index is 0.416. The molecule has 13 heavy (non-hydrogen) atoms. The molecule has 1 nitrogen and oxygen atoms in total. The second-order valence-corrected chi connectivity index (χ2v) is 2.42. The van der Waals surface area contributed by atoms with Gasteiger partial charge in [-0.2, -0.15) is 0 Å². The van der Waals surface area contributed by atoms with Crippen LogP contribution in [0.4, 0.5) is 0 Å². The maximum absolute atomic E-state index is 5.17. The van der Waals surface area contributed by atoms with Crippen molar-refractivity contribution in [2.24, 2.45) is 0 Å². The van der Waals surface area contributed by atoms with E-state index in [0.29, 0.717) is 0 Å². The molecule has 1 atom stereocenters. The van der Waals surface area contributed by atoms with E-state index in [4.69, 9.17) is 11.2 Å². The fourth-order valence-corrected chi connectivity index (χ4v) is 0.839. The first-order valence-corrected chi connectivity index (χ1v) is 3.92. The molecule has 0 aliphatic carbocycles.